The van der Waals surface area contributed by atoms with Gasteiger partial charge in [0.05, 0.1) is 57.8 Å². The molecule has 0 bridgehead atoms. The minimum Gasteiger partial charge on any atom is -0.497 e. The molecule has 5 aromatic rings. The first-order chi connectivity index (χ1) is 46.1. The van der Waals surface area contributed by atoms with Crippen LogP contribution < -0.4 is 33.3 Å². The molecule has 5 N–H and O–H groups in total. The van der Waals surface area contributed by atoms with Crippen molar-refractivity contribution >= 4 is 45.5 Å². The van der Waals surface area contributed by atoms with Crippen LogP contribution in [0.15, 0.2) is 109 Å². The van der Waals surface area contributed by atoms with Crippen LogP contribution in [0.2, 0.25) is 0 Å². The van der Waals surface area contributed by atoms with Crippen molar-refractivity contribution in [3.05, 3.63) is 143 Å². The average molecular weight is 1370 g/mol. The Labute approximate surface area is 570 Å². The topological polar surface area (TPSA) is 275 Å². The number of aryl methyl sites for hydroxylation is 1. The van der Waals surface area contributed by atoms with Gasteiger partial charge >= 0.3 is 23.9 Å². The van der Waals surface area contributed by atoms with E-state index in [1.165, 1.54) is 6.07 Å². The summed E-state index contributed by atoms with van der Waals surface area (Å²) in [6, 6.07) is 32.6. The summed E-state index contributed by atoms with van der Waals surface area (Å²) in [6.07, 6.45) is 4.47. The maximum absolute atomic E-state index is 14.2. The third-order valence-corrected chi connectivity index (χ3v) is 20.9. The zero-order valence-electron chi connectivity index (χ0n) is 58.1. The molecule has 0 aromatic heterocycles. The molecular weight excluding hydrogens is 1270 g/mol. The third-order valence-electron chi connectivity index (χ3n) is 20.2. The van der Waals surface area contributed by atoms with Crippen molar-refractivity contribution < 1.29 is 80.9 Å². The molecule has 97 heavy (non-hydrogen) atoms. The van der Waals surface area contributed by atoms with Crippen molar-refractivity contribution in [1.82, 2.24) is 24.3 Å². The number of likely N-dealkylation sites (N-methyl/N-ethyl adjacent to an activating group) is 3. The van der Waals surface area contributed by atoms with Crippen LogP contribution in [0.4, 0.5) is 10.1 Å². The predicted molar refractivity (Wildman–Crippen MR) is 368 cm³/mol. The average Bonchev–Trinajstić information content (AvgIpc) is 1.66. The summed E-state index contributed by atoms with van der Waals surface area (Å²) in [5.41, 5.74) is 4.99. The summed E-state index contributed by atoms with van der Waals surface area (Å²) in [5, 5.41) is 38.6. The number of methoxy groups -OCH3 is 3. The van der Waals surface area contributed by atoms with Gasteiger partial charge in [-0.05, 0) is 163 Å². The van der Waals surface area contributed by atoms with E-state index in [1.807, 2.05) is 126 Å². The molecule has 5 aromatic carbocycles. The molecule has 4 fully saturated rings. The van der Waals surface area contributed by atoms with Crippen LogP contribution in [0.25, 0.3) is 0 Å². The van der Waals surface area contributed by atoms with Crippen molar-refractivity contribution in [2.75, 3.05) is 99.7 Å². The number of sulfonamides is 1. The van der Waals surface area contributed by atoms with E-state index in [2.05, 4.69) is 33.3 Å². The van der Waals surface area contributed by atoms with Crippen LogP contribution in [0, 0.1) is 36.4 Å². The minimum absolute atomic E-state index is 0.0288. The molecule has 5 aliphatic rings. The third kappa shape index (κ3) is 19.1. The number of fused-ring (bicyclic) bond motifs is 1. The Balaban J connectivity index is 0.000000203. The fourth-order valence-electron chi connectivity index (χ4n) is 14.6. The first kappa shape index (κ1) is 76.5. The van der Waals surface area contributed by atoms with Crippen molar-refractivity contribution in [2.45, 2.75) is 128 Å². The number of benzene rings is 5. The highest BCUT2D eigenvalue weighted by atomic mass is 32.2. The molecule has 1 amide bonds. The number of carboxylic acid groups (broad SMARTS) is 4. The van der Waals surface area contributed by atoms with Gasteiger partial charge in [0, 0.05) is 92.3 Å². The van der Waals surface area contributed by atoms with Crippen LogP contribution in [0.1, 0.15) is 118 Å². The number of hydrogen-bond acceptors (Lipinski definition) is 16. The number of nitrogens with zero attached hydrogens (tertiary/aromatic N) is 5. The van der Waals surface area contributed by atoms with Crippen molar-refractivity contribution in [3.8, 4) is 28.7 Å². The van der Waals surface area contributed by atoms with Gasteiger partial charge in [0.15, 0.2) is 11.5 Å². The standard InChI is InChI=1S/C31H42FN3O7S.3C14H19NO3/c1-5-7-22(8-6-2)35(23-10-11-25(32)20(3)15-23)29(36)18-34-17-24(21-9-12-27-28(16-21)42-19-41-27)30(31(37)38)26(34)13-14-33-43(4,39)40;3*1-9-13(14(16)17)12(8-15(9)2)10-4-6-11(18-3)7-5-10/h9-12,15-16,22,24,26,30,33H,5-8,13-14,17-19H2,1-4H3,(H,37,38);3*4-7,9,12-13H,8H2,1-3H3,(H,16,17)/t24-,26+,30-;3*9-,12+,13-/m1000/s1. The van der Waals surface area contributed by atoms with Gasteiger partial charge in [0.25, 0.3) is 0 Å². The van der Waals surface area contributed by atoms with E-state index in [0.717, 1.165) is 91.1 Å². The second-order valence-electron chi connectivity index (χ2n) is 26.2. The van der Waals surface area contributed by atoms with Crippen LogP contribution in [0.5, 0.6) is 28.7 Å². The Morgan fingerprint density at radius 3 is 1.34 bits per heavy atom. The summed E-state index contributed by atoms with van der Waals surface area (Å²) in [6.45, 7) is 14.4. The van der Waals surface area contributed by atoms with E-state index in [-0.39, 0.29) is 104 Å². The molecule has 0 unspecified atom stereocenters. The van der Waals surface area contributed by atoms with Gasteiger partial charge in [-0.3, -0.25) is 28.9 Å². The van der Waals surface area contributed by atoms with E-state index in [4.69, 9.17) is 23.7 Å². The molecule has 0 radical (unpaired) electrons. The van der Waals surface area contributed by atoms with Crippen molar-refractivity contribution in [1.29, 1.82) is 0 Å². The molecule has 4 saturated heterocycles. The molecule has 5 heterocycles. The number of carbonyl (C=O) groups is 5. The monoisotopic (exact) mass is 1370 g/mol. The van der Waals surface area contributed by atoms with Gasteiger partial charge in [-0.1, -0.05) is 69.2 Å². The highest BCUT2D eigenvalue weighted by Crippen LogP contribution is 2.44. The summed E-state index contributed by atoms with van der Waals surface area (Å²) >= 11 is 0. The van der Waals surface area contributed by atoms with Gasteiger partial charge in [0.1, 0.15) is 23.1 Å². The fourth-order valence-corrected chi connectivity index (χ4v) is 15.1. The molecule has 22 nitrogen and oxygen atoms in total. The van der Waals surface area contributed by atoms with Gasteiger partial charge in [-0.15, -0.1) is 0 Å². The normalized spacial score (nSPS) is 24.6. The maximum atomic E-state index is 14.2. The van der Waals surface area contributed by atoms with Gasteiger partial charge in [-0.2, -0.15) is 0 Å². The molecule has 0 saturated carbocycles. The molecule has 24 heteroatoms. The van der Waals surface area contributed by atoms with Gasteiger partial charge < -0.3 is 63.7 Å². The number of hydrogen-bond donors (Lipinski definition) is 5. The zero-order valence-corrected chi connectivity index (χ0v) is 58.9. The number of rotatable bonds is 23. The number of amides is 1. The molecule has 5 aliphatic heterocycles. The zero-order chi connectivity index (χ0) is 71.2. The van der Waals surface area contributed by atoms with E-state index in [1.54, 1.807) is 57.4 Å². The van der Waals surface area contributed by atoms with Crippen molar-refractivity contribution in [3.63, 3.8) is 0 Å². The Bertz CT molecular complexity index is 3360. The highest BCUT2D eigenvalue weighted by Gasteiger charge is 2.49. The van der Waals surface area contributed by atoms with Crippen LogP contribution in [-0.2, 0) is 34.0 Å². The van der Waals surface area contributed by atoms with E-state index in [9.17, 15) is 57.2 Å². The van der Waals surface area contributed by atoms with Crippen LogP contribution in [-0.4, -0.2) is 203 Å². The van der Waals surface area contributed by atoms with Crippen molar-refractivity contribution in [2.24, 2.45) is 23.7 Å². The molecule has 530 valence electrons. The van der Waals surface area contributed by atoms with E-state index >= 15 is 0 Å². The van der Waals surface area contributed by atoms with Gasteiger partial charge in [0.2, 0.25) is 22.7 Å². The maximum Gasteiger partial charge on any atom is 0.308 e. The first-order valence-electron chi connectivity index (χ1n) is 33.2. The molecule has 0 aliphatic carbocycles. The second kappa shape index (κ2) is 34.6. The fraction of sp³-hybridized carbons (Fsp3) is 0.521. The number of carboxylic acids is 4. The Morgan fingerprint density at radius 2 is 0.969 bits per heavy atom. The number of halogens is 1. The largest absolute Gasteiger partial charge is 0.497 e. The van der Waals surface area contributed by atoms with Crippen LogP contribution >= 0.6 is 0 Å². The summed E-state index contributed by atoms with van der Waals surface area (Å²) in [7, 11) is 7.31. The number of ether oxygens (including phenoxy) is 5. The lowest BCUT2D eigenvalue weighted by atomic mass is 9.84. The smallest absolute Gasteiger partial charge is 0.308 e. The lowest BCUT2D eigenvalue weighted by Crippen LogP contribution is -2.48. The molecule has 0 spiro atoms. The molecular formula is C73H99FN6O16S. The lowest BCUT2D eigenvalue weighted by molar-refractivity contribution is -0.144. The number of carbonyl (C=O) groups excluding carboxylic acids is 1. The SMILES string of the molecule is CCCC(CCC)N(C(=O)CN1C[C@H](c2ccc3c(c2)OCO3)[C@@H](C(=O)O)[C@@H]1CCNS(C)(=O)=O)c1ccc(F)c(C)c1.COc1ccc([C@H]2CN(C)[C@@H](C)[C@@H]2C(=O)O)cc1.COc1ccc([C@H]2CN(C)[C@@H](C)[C@@H]2C(=O)O)cc1.COc1ccc([C@H]2CN(C)[C@@H](C)[C@@H]2C(=O)O)cc1. The number of anilines is 1. The lowest BCUT2D eigenvalue weighted by Gasteiger charge is -2.35. The number of aliphatic carboxylic acids is 4. The number of nitrogens with one attached hydrogen (secondary N) is 1. The Hall–Kier alpha value is -7.87. The second-order valence-corrected chi connectivity index (χ2v) is 28.1. The minimum atomic E-state index is -3.50. The van der Waals surface area contributed by atoms with Gasteiger partial charge in [-0.25, -0.2) is 17.5 Å². The van der Waals surface area contributed by atoms with Crippen LogP contribution in [0.3, 0.4) is 0 Å². The molecule has 12 atom stereocenters. The summed E-state index contributed by atoms with van der Waals surface area (Å²) < 4.78 is 66.6. The van der Waals surface area contributed by atoms with E-state index < -0.39 is 51.8 Å². The predicted octanol–water partition coefficient (Wildman–Crippen LogP) is 9.71. The summed E-state index contributed by atoms with van der Waals surface area (Å²) in [5.74, 6) is -2.50. The first-order valence-corrected chi connectivity index (χ1v) is 35.1. The Morgan fingerprint density at radius 1 is 0.577 bits per heavy atom. The highest BCUT2D eigenvalue weighted by molar-refractivity contribution is 7.88. The molecule has 10 rings (SSSR count). The summed E-state index contributed by atoms with van der Waals surface area (Å²) in [4.78, 5) is 71.2. The Kier molecular flexibility index (Phi) is 27.3. The quantitative estimate of drug-likeness (QED) is 0.0407. The number of likely N-dealkylation sites (tertiary alicyclic amines) is 4. The van der Waals surface area contributed by atoms with E-state index in [0.29, 0.717) is 22.7 Å².